The predicted molar refractivity (Wildman–Crippen MR) is 196 cm³/mol. The Labute approximate surface area is 305 Å². The number of esters is 1. The van der Waals surface area contributed by atoms with Crippen molar-refractivity contribution in [2.75, 3.05) is 24.6 Å². The Bertz CT molecular complexity index is 1580. The van der Waals surface area contributed by atoms with E-state index in [1.807, 2.05) is 49.4 Å². The molecule has 11 heteroatoms. The van der Waals surface area contributed by atoms with Gasteiger partial charge in [-0.2, -0.15) is 0 Å². The number of para-hydroxylation sites is 1. The van der Waals surface area contributed by atoms with Gasteiger partial charge in [-0.15, -0.1) is 13.2 Å². The van der Waals surface area contributed by atoms with Crippen molar-refractivity contribution in [3.63, 3.8) is 0 Å². The number of likely N-dealkylation sites (tertiary alicyclic amines) is 1. The van der Waals surface area contributed by atoms with Crippen molar-refractivity contribution in [3.8, 4) is 0 Å². The molecule has 3 heterocycles. The van der Waals surface area contributed by atoms with Gasteiger partial charge in [-0.1, -0.05) is 79.1 Å². The van der Waals surface area contributed by atoms with E-state index < -0.39 is 47.7 Å². The number of halogens is 1. The molecule has 0 saturated carbocycles. The first-order chi connectivity index (χ1) is 24.6. The molecule has 0 aliphatic carbocycles. The van der Waals surface area contributed by atoms with Crippen LogP contribution in [0.2, 0.25) is 5.02 Å². The molecule has 2 aromatic carbocycles. The van der Waals surface area contributed by atoms with E-state index in [2.05, 4.69) is 18.5 Å². The second-order valence-electron chi connectivity index (χ2n) is 13.8. The zero-order valence-electron chi connectivity index (χ0n) is 29.6. The monoisotopic (exact) mass is 719 g/mol. The number of allylic oxidation sites excluding steroid dienone is 1. The number of rotatable bonds is 18. The molecular formula is C40H50ClN3O7. The number of carbonyl (C=O) groups excluding carboxylic acids is 4. The molecule has 3 aliphatic heterocycles. The van der Waals surface area contributed by atoms with E-state index >= 15 is 0 Å². The fourth-order valence-electron chi connectivity index (χ4n) is 8.16. The van der Waals surface area contributed by atoms with Crippen molar-refractivity contribution >= 4 is 41.0 Å². The van der Waals surface area contributed by atoms with Crippen LogP contribution in [0.4, 0.5) is 5.69 Å². The van der Waals surface area contributed by atoms with Crippen LogP contribution in [-0.2, 0) is 28.7 Å². The molecule has 3 saturated heterocycles. The third-order valence-electron chi connectivity index (χ3n) is 10.4. The van der Waals surface area contributed by atoms with Crippen LogP contribution >= 0.6 is 11.6 Å². The average molecular weight is 720 g/mol. The van der Waals surface area contributed by atoms with Crippen LogP contribution in [0.25, 0.3) is 0 Å². The first-order valence-electron chi connectivity index (χ1n) is 18.0. The molecular weight excluding hydrogens is 670 g/mol. The summed E-state index contributed by atoms with van der Waals surface area (Å²) in [6.45, 7) is 11.8. The molecule has 51 heavy (non-hydrogen) atoms. The lowest BCUT2D eigenvalue weighted by Gasteiger charge is -2.37. The highest BCUT2D eigenvalue weighted by molar-refractivity contribution is 6.34. The van der Waals surface area contributed by atoms with Gasteiger partial charge in [0.05, 0.1) is 34.7 Å². The molecule has 2 bridgehead atoms. The molecule has 3 amide bonds. The minimum atomic E-state index is -1.24. The summed E-state index contributed by atoms with van der Waals surface area (Å²) < 4.78 is 13.0. The zero-order valence-corrected chi connectivity index (χ0v) is 30.4. The highest BCUT2D eigenvalue weighted by Crippen LogP contribution is 2.59. The molecule has 5 rings (SSSR count). The molecule has 0 aromatic heterocycles. The minimum absolute atomic E-state index is 0.0861. The van der Waals surface area contributed by atoms with E-state index in [1.165, 1.54) is 0 Å². The number of aliphatic hydroxyl groups excluding tert-OH is 1. The highest BCUT2D eigenvalue weighted by Gasteiger charge is 2.75. The van der Waals surface area contributed by atoms with Gasteiger partial charge in [0.1, 0.15) is 17.7 Å². The first kappa shape index (κ1) is 38.2. The standard InChI is InChI=1S/C40H50ClN3O7/c1-5-7-20-31(46)42-27(4)35(28-17-11-10-12-18-28)50-39(49)32-30-21-22-40(51-30)33(32)37(47)44(24-13-8-9-14-25-45)36(40)38(48)43(23-6-2)34-26(3)16-15-19-29(34)41/h5-6,10-12,15-19,27,30,32-33,35-36,45H,1-2,7-9,13-14,20-25H2,3-4H3,(H,42,46)/t27-,30-,32+,33+,35-,36-,40+/m0/s1. The number of carbonyl (C=O) groups is 4. The van der Waals surface area contributed by atoms with Crippen molar-refractivity contribution in [1.82, 2.24) is 10.2 Å². The summed E-state index contributed by atoms with van der Waals surface area (Å²) in [6.07, 6.45) is 6.33. The Morgan fingerprint density at radius 3 is 2.55 bits per heavy atom. The Morgan fingerprint density at radius 1 is 1.12 bits per heavy atom. The topological polar surface area (TPSA) is 125 Å². The van der Waals surface area contributed by atoms with Crippen molar-refractivity contribution < 1.29 is 33.8 Å². The summed E-state index contributed by atoms with van der Waals surface area (Å²) >= 11 is 6.69. The largest absolute Gasteiger partial charge is 0.455 e. The van der Waals surface area contributed by atoms with Gasteiger partial charge in [-0.3, -0.25) is 19.2 Å². The predicted octanol–water partition coefficient (Wildman–Crippen LogP) is 5.85. The number of hydrogen-bond donors (Lipinski definition) is 2. The average Bonchev–Trinajstić information content (AvgIpc) is 3.76. The number of nitrogens with one attached hydrogen (secondary N) is 1. The summed E-state index contributed by atoms with van der Waals surface area (Å²) in [5.41, 5.74) is 0.793. The van der Waals surface area contributed by atoms with Gasteiger partial charge in [0.25, 0.3) is 5.91 Å². The summed E-state index contributed by atoms with van der Waals surface area (Å²) in [5.74, 6) is -3.31. The van der Waals surface area contributed by atoms with Gasteiger partial charge >= 0.3 is 5.97 Å². The number of aliphatic hydroxyl groups is 1. The van der Waals surface area contributed by atoms with E-state index in [0.29, 0.717) is 54.9 Å². The van der Waals surface area contributed by atoms with Crippen LogP contribution in [0.3, 0.4) is 0 Å². The van der Waals surface area contributed by atoms with Crippen molar-refractivity contribution in [2.45, 2.75) is 95.1 Å². The van der Waals surface area contributed by atoms with Gasteiger partial charge in [-0.25, -0.2) is 0 Å². The lowest BCUT2D eigenvalue weighted by molar-refractivity contribution is -0.162. The van der Waals surface area contributed by atoms with Gasteiger partial charge in [0.2, 0.25) is 11.8 Å². The molecule has 274 valence electrons. The molecule has 2 N–H and O–H groups in total. The smallest absolute Gasteiger partial charge is 0.313 e. The molecule has 3 aliphatic rings. The Morgan fingerprint density at radius 2 is 1.86 bits per heavy atom. The molecule has 0 unspecified atom stereocenters. The lowest BCUT2D eigenvalue weighted by Crippen LogP contribution is -2.56. The molecule has 10 nitrogen and oxygen atoms in total. The minimum Gasteiger partial charge on any atom is -0.455 e. The summed E-state index contributed by atoms with van der Waals surface area (Å²) in [5, 5.41) is 12.6. The number of hydrogen-bond acceptors (Lipinski definition) is 7. The number of fused-ring (bicyclic) bond motifs is 1. The van der Waals surface area contributed by atoms with Gasteiger partial charge in [0, 0.05) is 26.1 Å². The molecule has 1 spiro atoms. The van der Waals surface area contributed by atoms with Crippen LogP contribution in [0, 0.1) is 18.8 Å². The lowest BCUT2D eigenvalue weighted by atomic mass is 9.70. The van der Waals surface area contributed by atoms with E-state index in [0.717, 1.165) is 18.4 Å². The number of unbranched alkanes of at least 4 members (excludes halogenated alkanes) is 3. The number of ether oxygens (including phenoxy) is 2. The van der Waals surface area contributed by atoms with Crippen molar-refractivity contribution in [1.29, 1.82) is 0 Å². The van der Waals surface area contributed by atoms with Crippen molar-refractivity contribution in [3.05, 3.63) is 90.0 Å². The van der Waals surface area contributed by atoms with E-state index in [9.17, 15) is 24.3 Å². The fourth-order valence-corrected chi connectivity index (χ4v) is 8.49. The number of amides is 3. The maximum Gasteiger partial charge on any atom is 0.313 e. The maximum absolute atomic E-state index is 14.9. The van der Waals surface area contributed by atoms with Crippen molar-refractivity contribution in [2.24, 2.45) is 11.8 Å². The molecule has 7 atom stereocenters. The Kier molecular flexibility index (Phi) is 12.8. The normalized spacial score (nSPS) is 24.5. The summed E-state index contributed by atoms with van der Waals surface area (Å²) in [7, 11) is 0. The maximum atomic E-state index is 14.9. The number of anilines is 1. The Balaban J connectivity index is 1.48. The van der Waals surface area contributed by atoms with E-state index in [-0.39, 0.29) is 37.3 Å². The zero-order chi connectivity index (χ0) is 36.7. The number of benzene rings is 2. The first-order valence-corrected chi connectivity index (χ1v) is 18.4. The summed E-state index contributed by atoms with van der Waals surface area (Å²) in [6, 6.07) is 13.0. The SMILES string of the molecule is C=CCCC(=O)N[C@@H](C)[C@H](OC(=O)[C@@H]1[C@@H]2CC[C@]3(O2)[C@H](C(=O)N(CC=C)c2c(C)cccc2Cl)N(CCCCCCO)C(=O)[C@@H]13)c1ccccc1. The summed E-state index contributed by atoms with van der Waals surface area (Å²) in [4.78, 5) is 59.8. The van der Waals surface area contributed by atoms with E-state index in [1.54, 1.807) is 34.9 Å². The third kappa shape index (κ3) is 7.78. The molecule has 2 aromatic rings. The van der Waals surface area contributed by atoms with Crippen LogP contribution < -0.4 is 10.2 Å². The second kappa shape index (κ2) is 17.0. The molecule has 0 radical (unpaired) electrons. The Hall–Kier alpha value is -3.99. The number of aryl methyl sites for hydroxylation is 1. The highest BCUT2D eigenvalue weighted by atomic mass is 35.5. The van der Waals surface area contributed by atoms with Crippen LogP contribution in [0.15, 0.2) is 73.8 Å². The van der Waals surface area contributed by atoms with Crippen LogP contribution in [0.1, 0.15) is 75.5 Å². The van der Waals surface area contributed by atoms with Gasteiger partial charge in [-0.05, 0) is 63.1 Å². The number of nitrogens with zero attached hydrogens (tertiary/aromatic N) is 2. The molecule has 3 fully saturated rings. The fraction of sp³-hybridized carbons (Fsp3) is 0.500. The van der Waals surface area contributed by atoms with E-state index in [4.69, 9.17) is 21.1 Å². The van der Waals surface area contributed by atoms with Gasteiger partial charge < -0.3 is 29.7 Å². The third-order valence-corrected chi connectivity index (χ3v) is 10.7. The second-order valence-corrected chi connectivity index (χ2v) is 14.2. The van der Waals surface area contributed by atoms with Gasteiger partial charge in [0.15, 0.2) is 0 Å². The van der Waals surface area contributed by atoms with Crippen LogP contribution in [-0.4, -0.2) is 77.2 Å². The quantitative estimate of drug-likeness (QED) is 0.113. The van der Waals surface area contributed by atoms with Crippen LogP contribution in [0.5, 0.6) is 0 Å².